The van der Waals surface area contributed by atoms with Crippen molar-refractivity contribution >= 4 is 6.03 Å². The fraction of sp³-hybridized carbons (Fsp3) is 0.900. The first kappa shape index (κ1) is 9.77. The van der Waals surface area contributed by atoms with Gasteiger partial charge in [-0.25, -0.2) is 4.79 Å². The zero-order chi connectivity index (χ0) is 9.80. The van der Waals surface area contributed by atoms with Crippen LogP contribution in [0.15, 0.2) is 0 Å². The van der Waals surface area contributed by atoms with E-state index in [0.29, 0.717) is 12.6 Å². The highest BCUT2D eigenvalue weighted by molar-refractivity contribution is 5.74. The molecule has 2 N–H and O–H groups in total. The van der Waals surface area contributed by atoms with E-state index < -0.39 is 0 Å². The Morgan fingerprint density at radius 1 is 1.29 bits per heavy atom. The van der Waals surface area contributed by atoms with Crippen molar-refractivity contribution in [3.63, 3.8) is 0 Å². The van der Waals surface area contributed by atoms with Crippen LogP contribution in [-0.4, -0.2) is 31.3 Å². The second-order valence-electron chi connectivity index (χ2n) is 4.14. The molecule has 0 aromatic carbocycles. The highest BCUT2D eigenvalue weighted by atomic mass is 16.6. The lowest BCUT2D eigenvalue weighted by Crippen LogP contribution is -2.43. The smallest absolute Gasteiger partial charge is 0.315 e. The molecule has 0 bridgehead atoms. The van der Waals surface area contributed by atoms with Crippen LogP contribution in [-0.2, 0) is 4.74 Å². The Bertz CT molecular complexity index is 198. The van der Waals surface area contributed by atoms with Crippen molar-refractivity contribution in [3.05, 3.63) is 0 Å². The predicted octanol–water partition coefficient (Wildman–Crippen LogP) is 1.02. The van der Waals surface area contributed by atoms with E-state index in [1.54, 1.807) is 0 Å². The van der Waals surface area contributed by atoms with Gasteiger partial charge in [0.2, 0.25) is 0 Å². The summed E-state index contributed by atoms with van der Waals surface area (Å²) >= 11 is 0. The van der Waals surface area contributed by atoms with Gasteiger partial charge in [0.1, 0.15) is 0 Å². The average Bonchev–Trinajstić information content (AvgIpc) is 3.00. The third-order valence-electron chi connectivity index (χ3n) is 2.83. The average molecular weight is 198 g/mol. The SMILES string of the molecule is O=C(NC[C@@H]1CO1)NC1CCCCC1. The Hall–Kier alpha value is -0.770. The number of ether oxygens (including phenoxy) is 1. The molecule has 2 aliphatic rings. The van der Waals surface area contributed by atoms with Crippen molar-refractivity contribution in [1.29, 1.82) is 0 Å². The lowest BCUT2D eigenvalue weighted by molar-refractivity contribution is 0.231. The summed E-state index contributed by atoms with van der Waals surface area (Å²) in [6, 6.07) is 0.358. The molecule has 0 aromatic heterocycles. The van der Waals surface area contributed by atoms with Crippen LogP contribution in [0.25, 0.3) is 0 Å². The summed E-state index contributed by atoms with van der Waals surface area (Å²) in [5, 5.41) is 5.81. The van der Waals surface area contributed by atoms with E-state index in [9.17, 15) is 4.79 Å². The number of amides is 2. The predicted molar refractivity (Wildman–Crippen MR) is 53.1 cm³/mol. The summed E-state index contributed by atoms with van der Waals surface area (Å²) in [6.45, 7) is 1.45. The largest absolute Gasteiger partial charge is 0.371 e. The van der Waals surface area contributed by atoms with Crippen molar-refractivity contribution in [1.82, 2.24) is 10.6 Å². The maximum absolute atomic E-state index is 11.4. The topological polar surface area (TPSA) is 53.7 Å². The summed E-state index contributed by atoms with van der Waals surface area (Å²) in [6.07, 6.45) is 6.34. The van der Waals surface area contributed by atoms with E-state index in [0.717, 1.165) is 19.4 Å². The number of carbonyl (C=O) groups excluding carboxylic acids is 1. The normalized spacial score (nSPS) is 27.0. The number of hydrogen-bond acceptors (Lipinski definition) is 2. The lowest BCUT2D eigenvalue weighted by Gasteiger charge is -2.22. The zero-order valence-electron chi connectivity index (χ0n) is 8.42. The minimum atomic E-state index is -0.0348. The lowest BCUT2D eigenvalue weighted by atomic mass is 9.96. The monoisotopic (exact) mass is 198 g/mol. The summed E-state index contributed by atoms with van der Waals surface area (Å²) in [5.41, 5.74) is 0. The fourth-order valence-corrected chi connectivity index (χ4v) is 1.88. The molecule has 1 aliphatic heterocycles. The van der Waals surface area contributed by atoms with Crippen molar-refractivity contribution in [2.24, 2.45) is 0 Å². The Morgan fingerprint density at radius 3 is 2.64 bits per heavy atom. The first-order valence-corrected chi connectivity index (χ1v) is 5.50. The Morgan fingerprint density at radius 2 is 2.00 bits per heavy atom. The minimum absolute atomic E-state index is 0.0348. The van der Waals surface area contributed by atoms with E-state index in [4.69, 9.17) is 4.74 Å². The van der Waals surface area contributed by atoms with Gasteiger partial charge in [0.25, 0.3) is 0 Å². The molecule has 0 spiro atoms. The zero-order valence-corrected chi connectivity index (χ0v) is 8.42. The van der Waals surface area contributed by atoms with Crippen molar-refractivity contribution in [3.8, 4) is 0 Å². The van der Waals surface area contributed by atoms with Gasteiger partial charge in [-0.05, 0) is 12.8 Å². The Labute approximate surface area is 84.4 Å². The van der Waals surface area contributed by atoms with Gasteiger partial charge in [0, 0.05) is 12.6 Å². The number of rotatable bonds is 3. The van der Waals surface area contributed by atoms with E-state index in [1.807, 2.05) is 0 Å². The van der Waals surface area contributed by atoms with Crippen molar-refractivity contribution < 1.29 is 9.53 Å². The number of hydrogen-bond donors (Lipinski definition) is 2. The summed E-state index contributed by atoms with van der Waals surface area (Å²) in [4.78, 5) is 11.4. The van der Waals surface area contributed by atoms with Gasteiger partial charge in [-0.1, -0.05) is 19.3 Å². The molecule has 1 heterocycles. The maximum atomic E-state index is 11.4. The van der Waals surface area contributed by atoms with Gasteiger partial charge < -0.3 is 15.4 Å². The molecule has 2 fully saturated rings. The summed E-state index contributed by atoms with van der Waals surface area (Å²) in [5.74, 6) is 0. The molecular weight excluding hydrogens is 180 g/mol. The second-order valence-corrected chi connectivity index (χ2v) is 4.14. The second kappa shape index (κ2) is 4.64. The molecule has 0 aromatic rings. The number of carbonyl (C=O) groups is 1. The van der Waals surface area contributed by atoms with Crippen LogP contribution in [0, 0.1) is 0 Å². The molecule has 4 nitrogen and oxygen atoms in total. The molecular formula is C10H18N2O2. The third-order valence-corrected chi connectivity index (χ3v) is 2.83. The van der Waals surface area contributed by atoms with Gasteiger partial charge >= 0.3 is 6.03 Å². The summed E-state index contributed by atoms with van der Waals surface area (Å²) < 4.78 is 5.01. The first-order valence-electron chi connectivity index (χ1n) is 5.50. The fourth-order valence-electron chi connectivity index (χ4n) is 1.88. The van der Waals surface area contributed by atoms with Crippen LogP contribution >= 0.6 is 0 Å². The minimum Gasteiger partial charge on any atom is -0.371 e. The highest BCUT2D eigenvalue weighted by Crippen LogP contribution is 2.17. The number of nitrogens with one attached hydrogen (secondary N) is 2. The molecule has 4 heteroatoms. The first-order chi connectivity index (χ1) is 6.84. The molecule has 2 rings (SSSR count). The van der Waals surface area contributed by atoms with E-state index in [-0.39, 0.29) is 12.1 Å². The highest BCUT2D eigenvalue weighted by Gasteiger charge is 2.23. The quantitative estimate of drug-likeness (QED) is 0.665. The molecule has 0 unspecified atom stereocenters. The molecule has 2 amide bonds. The van der Waals surface area contributed by atoms with Crippen LogP contribution in [0.4, 0.5) is 4.79 Å². The molecule has 1 aliphatic carbocycles. The molecule has 0 radical (unpaired) electrons. The van der Waals surface area contributed by atoms with Gasteiger partial charge in [0.05, 0.1) is 12.7 Å². The Kier molecular flexibility index (Phi) is 3.24. The van der Waals surface area contributed by atoms with Crippen molar-refractivity contribution in [2.75, 3.05) is 13.2 Å². The Balaban J connectivity index is 1.59. The molecule has 1 saturated carbocycles. The van der Waals surface area contributed by atoms with Crippen LogP contribution in [0.5, 0.6) is 0 Å². The number of urea groups is 1. The van der Waals surface area contributed by atoms with Crippen LogP contribution < -0.4 is 10.6 Å². The van der Waals surface area contributed by atoms with Crippen LogP contribution in [0.2, 0.25) is 0 Å². The molecule has 14 heavy (non-hydrogen) atoms. The third kappa shape index (κ3) is 3.18. The maximum Gasteiger partial charge on any atom is 0.315 e. The molecule has 80 valence electrons. The van der Waals surface area contributed by atoms with Gasteiger partial charge in [0.15, 0.2) is 0 Å². The molecule has 1 atom stereocenters. The van der Waals surface area contributed by atoms with Gasteiger partial charge in [-0.3, -0.25) is 0 Å². The van der Waals surface area contributed by atoms with Crippen molar-refractivity contribution in [2.45, 2.75) is 44.2 Å². The van der Waals surface area contributed by atoms with E-state index >= 15 is 0 Å². The molecule has 1 saturated heterocycles. The van der Waals surface area contributed by atoms with E-state index in [2.05, 4.69) is 10.6 Å². The van der Waals surface area contributed by atoms with Gasteiger partial charge in [-0.15, -0.1) is 0 Å². The van der Waals surface area contributed by atoms with Crippen LogP contribution in [0.3, 0.4) is 0 Å². The van der Waals surface area contributed by atoms with E-state index in [1.165, 1.54) is 19.3 Å². The summed E-state index contributed by atoms with van der Waals surface area (Å²) in [7, 11) is 0. The van der Waals surface area contributed by atoms with Gasteiger partial charge in [-0.2, -0.15) is 0 Å². The van der Waals surface area contributed by atoms with Crippen LogP contribution in [0.1, 0.15) is 32.1 Å². The standard InChI is InChI=1S/C10H18N2O2/c13-10(11-6-9-7-14-9)12-8-4-2-1-3-5-8/h8-9H,1-7H2,(H2,11,12,13)/t9-/m1/s1. The number of epoxide rings is 1.